The topological polar surface area (TPSA) is 12.5 Å². The first-order chi connectivity index (χ1) is 10.4. The van der Waals surface area contributed by atoms with E-state index in [4.69, 9.17) is 4.74 Å². The number of hydrogen-bond donors (Lipinski definition) is 0. The molecule has 2 nitrogen and oxygen atoms in total. The second-order valence-corrected chi connectivity index (χ2v) is 7.92. The van der Waals surface area contributed by atoms with E-state index in [1.165, 1.54) is 48.4 Å². The Hall–Kier alpha value is -1.44. The maximum absolute atomic E-state index is 6.55. The highest BCUT2D eigenvalue weighted by molar-refractivity contribution is 5.59. The lowest BCUT2D eigenvalue weighted by atomic mass is 9.92. The average molecular weight is 299 g/mol. The summed E-state index contributed by atoms with van der Waals surface area (Å²) in [5.41, 5.74) is 3.99. The SMILES string of the molecule is CC1=C(C2CCCC2)OC(C(C)(C)C)N1c1ccccc1C. The molecule has 0 radical (unpaired) electrons. The molecule has 0 N–H and O–H groups in total. The average Bonchev–Trinajstić information content (AvgIpc) is 3.06. The summed E-state index contributed by atoms with van der Waals surface area (Å²) in [5, 5.41) is 0. The molecule has 22 heavy (non-hydrogen) atoms. The number of allylic oxidation sites excluding steroid dienone is 2. The number of ether oxygens (including phenoxy) is 1. The van der Waals surface area contributed by atoms with Gasteiger partial charge in [0.15, 0.2) is 6.23 Å². The number of benzene rings is 1. The molecule has 0 saturated heterocycles. The largest absolute Gasteiger partial charge is 0.472 e. The Balaban J connectivity index is 2.03. The molecule has 1 aliphatic carbocycles. The second kappa shape index (κ2) is 5.64. The molecular formula is C20H29NO. The van der Waals surface area contributed by atoms with Gasteiger partial charge >= 0.3 is 0 Å². The minimum atomic E-state index is 0.0733. The summed E-state index contributed by atoms with van der Waals surface area (Å²) in [5.74, 6) is 1.87. The summed E-state index contributed by atoms with van der Waals surface area (Å²) in [6.07, 6.45) is 5.34. The lowest BCUT2D eigenvalue weighted by Crippen LogP contribution is -2.41. The number of para-hydroxylation sites is 1. The summed E-state index contributed by atoms with van der Waals surface area (Å²) in [4.78, 5) is 2.43. The van der Waals surface area contributed by atoms with E-state index in [0.717, 1.165) is 0 Å². The Morgan fingerprint density at radius 3 is 2.27 bits per heavy atom. The van der Waals surface area contributed by atoms with E-state index >= 15 is 0 Å². The van der Waals surface area contributed by atoms with Crippen LogP contribution in [0, 0.1) is 18.3 Å². The van der Waals surface area contributed by atoms with Crippen molar-refractivity contribution < 1.29 is 4.74 Å². The third-order valence-electron chi connectivity index (χ3n) is 5.03. The first-order valence-electron chi connectivity index (χ1n) is 8.62. The Morgan fingerprint density at radius 2 is 1.68 bits per heavy atom. The molecule has 1 fully saturated rings. The molecule has 1 aliphatic heterocycles. The Bertz CT molecular complexity index is 576. The fourth-order valence-electron chi connectivity index (χ4n) is 3.84. The quantitative estimate of drug-likeness (QED) is 0.702. The highest BCUT2D eigenvalue weighted by Gasteiger charge is 2.42. The van der Waals surface area contributed by atoms with Gasteiger partial charge in [-0.2, -0.15) is 0 Å². The first kappa shape index (κ1) is 15.5. The lowest BCUT2D eigenvalue weighted by molar-refractivity contribution is 0.0376. The van der Waals surface area contributed by atoms with Crippen molar-refractivity contribution >= 4 is 5.69 Å². The molecule has 1 heterocycles. The van der Waals surface area contributed by atoms with Gasteiger partial charge in [-0.1, -0.05) is 51.8 Å². The fraction of sp³-hybridized carbons (Fsp3) is 0.600. The summed E-state index contributed by atoms with van der Waals surface area (Å²) in [6, 6.07) is 8.65. The van der Waals surface area contributed by atoms with Crippen LogP contribution in [0.1, 0.15) is 58.9 Å². The molecule has 1 aromatic rings. The second-order valence-electron chi connectivity index (χ2n) is 7.92. The first-order valence-corrected chi connectivity index (χ1v) is 8.62. The van der Waals surface area contributed by atoms with E-state index in [2.05, 4.69) is 63.8 Å². The Morgan fingerprint density at radius 1 is 1.05 bits per heavy atom. The Kier molecular flexibility index (Phi) is 3.96. The van der Waals surface area contributed by atoms with Gasteiger partial charge in [0, 0.05) is 17.0 Å². The van der Waals surface area contributed by atoms with Gasteiger partial charge < -0.3 is 9.64 Å². The van der Waals surface area contributed by atoms with Crippen molar-refractivity contribution in [2.24, 2.45) is 11.3 Å². The van der Waals surface area contributed by atoms with Gasteiger partial charge in [-0.25, -0.2) is 0 Å². The molecular weight excluding hydrogens is 270 g/mol. The molecule has 2 aliphatic rings. The fourth-order valence-corrected chi connectivity index (χ4v) is 3.84. The highest BCUT2D eigenvalue weighted by Crippen LogP contribution is 2.45. The van der Waals surface area contributed by atoms with Crippen LogP contribution in [-0.2, 0) is 4.74 Å². The minimum Gasteiger partial charge on any atom is -0.472 e. The highest BCUT2D eigenvalue weighted by atomic mass is 16.5. The zero-order valence-electron chi connectivity index (χ0n) is 14.6. The van der Waals surface area contributed by atoms with Crippen LogP contribution in [0.3, 0.4) is 0 Å². The lowest BCUT2D eigenvalue weighted by Gasteiger charge is -2.36. The molecule has 1 aromatic carbocycles. The van der Waals surface area contributed by atoms with Gasteiger partial charge in [0.1, 0.15) is 5.76 Å². The molecule has 1 unspecified atom stereocenters. The normalized spacial score (nSPS) is 23.3. The van der Waals surface area contributed by atoms with Crippen LogP contribution < -0.4 is 4.90 Å². The van der Waals surface area contributed by atoms with Crippen LogP contribution in [0.4, 0.5) is 5.69 Å². The van der Waals surface area contributed by atoms with Crippen molar-refractivity contribution in [2.75, 3.05) is 4.90 Å². The standard InChI is InChI=1S/C20H29NO/c1-14-10-6-9-13-17(14)21-15(2)18(16-11-7-8-12-16)22-19(21)20(3,4)5/h6,9-10,13,16,19H,7-8,11-12H2,1-5H3. The maximum Gasteiger partial charge on any atom is 0.180 e. The molecule has 0 aromatic heterocycles. The van der Waals surface area contributed by atoms with E-state index < -0.39 is 0 Å². The third kappa shape index (κ3) is 2.64. The van der Waals surface area contributed by atoms with E-state index in [9.17, 15) is 0 Å². The summed E-state index contributed by atoms with van der Waals surface area (Å²) in [7, 11) is 0. The number of rotatable bonds is 2. The predicted molar refractivity (Wildman–Crippen MR) is 92.6 cm³/mol. The zero-order chi connectivity index (χ0) is 15.9. The van der Waals surface area contributed by atoms with Crippen molar-refractivity contribution in [2.45, 2.75) is 66.5 Å². The molecule has 2 heteroatoms. The predicted octanol–water partition coefficient (Wildman–Crippen LogP) is 5.63. The van der Waals surface area contributed by atoms with Crippen LogP contribution >= 0.6 is 0 Å². The van der Waals surface area contributed by atoms with Crippen LogP contribution in [0.2, 0.25) is 0 Å². The van der Waals surface area contributed by atoms with Crippen molar-refractivity contribution in [1.29, 1.82) is 0 Å². The van der Waals surface area contributed by atoms with E-state index in [1.54, 1.807) is 0 Å². The number of hydrogen-bond acceptors (Lipinski definition) is 2. The number of aryl methyl sites for hydroxylation is 1. The third-order valence-corrected chi connectivity index (χ3v) is 5.03. The smallest absolute Gasteiger partial charge is 0.180 e. The van der Waals surface area contributed by atoms with Crippen LogP contribution in [0.15, 0.2) is 35.7 Å². The van der Waals surface area contributed by atoms with Gasteiger partial charge in [0.05, 0.1) is 5.70 Å². The van der Waals surface area contributed by atoms with E-state index in [0.29, 0.717) is 5.92 Å². The van der Waals surface area contributed by atoms with Gasteiger partial charge in [-0.05, 0) is 38.3 Å². The Labute approximate surface area is 135 Å². The van der Waals surface area contributed by atoms with Crippen LogP contribution in [0.25, 0.3) is 0 Å². The molecule has 3 rings (SSSR count). The summed E-state index contributed by atoms with van der Waals surface area (Å²) in [6.45, 7) is 11.2. The van der Waals surface area contributed by atoms with Crippen molar-refractivity contribution in [3.63, 3.8) is 0 Å². The van der Waals surface area contributed by atoms with E-state index in [-0.39, 0.29) is 11.6 Å². The summed E-state index contributed by atoms with van der Waals surface area (Å²) >= 11 is 0. The van der Waals surface area contributed by atoms with Crippen LogP contribution in [0.5, 0.6) is 0 Å². The van der Waals surface area contributed by atoms with Crippen molar-refractivity contribution in [3.05, 3.63) is 41.3 Å². The number of nitrogens with zero attached hydrogens (tertiary/aromatic N) is 1. The molecule has 120 valence electrons. The minimum absolute atomic E-state index is 0.0733. The molecule has 1 atom stereocenters. The van der Waals surface area contributed by atoms with Crippen molar-refractivity contribution in [1.82, 2.24) is 0 Å². The monoisotopic (exact) mass is 299 g/mol. The maximum atomic E-state index is 6.55. The molecule has 0 spiro atoms. The summed E-state index contributed by atoms with van der Waals surface area (Å²) < 4.78 is 6.55. The zero-order valence-corrected chi connectivity index (χ0v) is 14.6. The van der Waals surface area contributed by atoms with E-state index in [1.807, 2.05) is 0 Å². The molecule has 0 amide bonds. The number of anilines is 1. The van der Waals surface area contributed by atoms with Crippen LogP contribution in [-0.4, -0.2) is 6.23 Å². The van der Waals surface area contributed by atoms with Gasteiger partial charge in [0.25, 0.3) is 0 Å². The van der Waals surface area contributed by atoms with Gasteiger partial charge in [-0.3, -0.25) is 0 Å². The van der Waals surface area contributed by atoms with Gasteiger partial charge in [-0.15, -0.1) is 0 Å². The van der Waals surface area contributed by atoms with Crippen molar-refractivity contribution in [3.8, 4) is 0 Å². The molecule has 0 bridgehead atoms. The molecule has 1 saturated carbocycles. The van der Waals surface area contributed by atoms with Gasteiger partial charge in [0.2, 0.25) is 0 Å².